The molecule has 0 N–H and O–H groups in total. The summed E-state index contributed by atoms with van der Waals surface area (Å²) in [6.45, 7) is 0. The third kappa shape index (κ3) is 3.63. The van der Waals surface area contributed by atoms with Crippen molar-refractivity contribution in [3.63, 3.8) is 0 Å². The summed E-state index contributed by atoms with van der Waals surface area (Å²) in [6, 6.07) is 0. The van der Waals surface area contributed by atoms with Gasteiger partial charge in [-0.3, -0.25) is 9.59 Å². The fourth-order valence-corrected chi connectivity index (χ4v) is 5.03. The van der Waals surface area contributed by atoms with Gasteiger partial charge in [-0.15, -0.1) is 0 Å². The zero-order valence-corrected chi connectivity index (χ0v) is 15.1. The Morgan fingerprint density at radius 1 is 0.577 bits per heavy atom. The third-order valence-electron chi connectivity index (χ3n) is 6.86. The molecule has 3 aliphatic carbocycles. The lowest BCUT2D eigenvalue weighted by Crippen LogP contribution is -2.34. The second-order valence-electron chi connectivity index (χ2n) is 8.72. The first kappa shape index (κ1) is 17.0. The Hall–Kier alpha value is -1.14. The molecule has 6 heteroatoms. The fourth-order valence-electron chi connectivity index (χ4n) is 5.03. The maximum absolute atomic E-state index is 12.4. The molecule has 0 aromatic carbocycles. The van der Waals surface area contributed by atoms with Crippen molar-refractivity contribution in [2.45, 2.75) is 101 Å². The molecule has 2 heterocycles. The smallest absolute Gasteiger partial charge is 0.309 e. The minimum atomic E-state index is -0.0550. The molecule has 6 nitrogen and oxygen atoms in total. The molecule has 5 rings (SSSR count). The van der Waals surface area contributed by atoms with Crippen molar-refractivity contribution in [2.75, 3.05) is 0 Å². The van der Waals surface area contributed by atoms with Crippen LogP contribution in [-0.2, 0) is 28.5 Å². The second kappa shape index (κ2) is 6.79. The molecule has 144 valence electrons. The Labute approximate surface area is 153 Å². The standard InChI is InChI=1S/C20H28O6/c21-19(11-1-7-15-17(9-11)25-15)23-13-3-5-14(6-4-13)24-20(22)12-2-8-16-18(10-12)26-16/h11-18H,1-10H2. The molecule has 0 aromatic heterocycles. The molecule has 0 aromatic rings. The van der Waals surface area contributed by atoms with Crippen LogP contribution in [0.1, 0.15) is 64.2 Å². The number of rotatable bonds is 4. The SMILES string of the molecule is O=C(OC1CCC(OC(=O)C2CCC3OC3C2)CC1)C1CCC2OC2C1. The molecule has 0 spiro atoms. The molecule has 2 aliphatic heterocycles. The molecular weight excluding hydrogens is 336 g/mol. The molecule has 3 saturated carbocycles. The molecule has 0 radical (unpaired) electrons. The number of ether oxygens (including phenoxy) is 4. The molecule has 0 bridgehead atoms. The number of fused-ring (bicyclic) bond motifs is 2. The predicted molar refractivity (Wildman–Crippen MR) is 90.2 cm³/mol. The van der Waals surface area contributed by atoms with Crippen LogP contribution in [0.5, 0.6) is 0 Å². The summed E-state index contributed by atoms with van der Waals surface area (Å²) in [5.74, 6) is -0.0932. The van der Waals surface area contributed by atoms with Crippen LogP contribution in [0, 0.1) is 11.8 Å². The van der Waals surface area contributed by atoms with E-state index >= 15 is 0 Å². The summed E-state index contributed by atoms with van der Waals surface area (Å²) in [5.41, 5.74) is 0. The molecule has 6 atom stereocenters. The van der Waals surface area contributed by atoms with Crippen molar-refractivity contribution >= 4 is 11.9 Å². The van der Waals surface area contributed by atoms with E-state index in [9.17, 15) is 9.59 Å². The summed E-state index contributed by atoms with van der Waals surface area (Å²) in [4.78, 5) is 24.7. The van der Waals surface area contributed by atoms with E-state index < -0.39 is 0 Å². The van der Waals surface area contributed by atoms with Gasteiger partial charge in [0.05, 0.1) is 36.3 Å². The number of carbonyl (C=O) groups excluding carboxylic acids is 2. The van der Waals surface area contributed by atoms with Crippen LogP contribution < -0.4 is 0 Å². The van der Waals surface area contributed by atoms with Crippen LogP contribution in [0.4, 0.5) is 0 Å². The van der Waals surface area contributed by atoms with Gasteiger partial charge in [-0.05, 0) is 64.2 Å². The van der Waals surface area contributed by atoms with Gasteiger partial charge in [0.2, 0.25) is 0 Å². The van der Waals surface area contributed by atoms with E-state index in [0.717, 1.165) is 64.2 Å². The Morgan fingerprint density at radius 3 is 1.38 bits per heavy atom. The van der Waals surface area contributed by atoms with Gasteiger partial charge >= 0.3 is 11.9 Å². The Morgan fingerprint density at radius 2 is 1.00 bits per heavy atom. The fraction of sp³-hybridized carbons (Fsp3) is 0.900. The molecular formula is C20H28O6. The highest BCUT2D eigenvalue weighted by Crippen LogP contribution is 2.41. The van der Waals surface area contributed by atoms with Crippen molar-refractivity contribution < 1.29 is 28.5 Å². The van der Waals surface area contributed by atoms with Crippen molar-refractivity contribution in [2.24, 2.45) is 11.8 Å². The predicted octanol–water partition coefficient (Wildman–Crippen LogP) is 2.52. The van der Waals surface area contributed by atoms with E-state index in [1.54, 1.807) is 0 Å². The molecule has 6 unspecified atom stereocenters. The average molecular weight is 364 g/mol. The van der Waals surface area contributed by atoms with Crippen molar-refractivity contribution in [3.8, 4) is 0 Å². The van der Waals surface area contributed by atoms with Crippen molar-refractivity contribution in [1.29, 1.82) is 0 Å². The van der Waals surface area contributed by atoms with Crippen LogP contribution in [0.25, 0.3) is 0 Å². The third-order valence-corrected chi connectivity index (χ3v) is 6.86. The highest BCUT2D eigenvalue weighted by atomic mass is 16.6. The zero-order valence-electron chi connectivity index (χ0n) is 15.1. The van der Waals surface area contributed by atoms with Gasteiger partial charge in [-0.2, -0.15) is 0 Å². The van der Waals surface area contributed by atoms with Crippen LogP contribution in [0.15, 0.2) is 0 Å². The number of carbonyl (C=O) groups is 2. The minimum Gasteiger partial charge on any atom is -0.462 e. The highest BCUT2D eigenvalue weighted by molar-refractivity contribution is 5.73. The molecule has 26 heavy (non-hydrogen) atoms. The van der Waals surface area contributed by atoms with Gasteiger partial charge in [-0.1, -0.05) is 0 Å². The number of hydrogen-bond acceptors (Lipinski definition) is 6. The van der Waals surface area contributed by atoms with E-state index in [4.69, 9.17) is 18.9 Å². The van der Waals surface area contributed by atoms with Crippen molar-refractivity contribution in [1.82, 2.24) is 0 Å². The molecule has 5 aliphatic rings. The number of epoxide rings is 2. The van der Waals surface area contributed by atoms with Gasteiger partial charge in [0, 0.05) is 0 Å². The molecule has 2 saturated heterocycles. The van der Waals surface area contributed by atoms with E-state index in [1.165, 1.54) is 0 Å². The van der Waals surface area contributed by atoms with E-state index in [0.29, 0.717) is 24.4 Å². The Bertz CT molecular complexity index is 519. The summed E-state index contributed by atoms with van der Waals surface area (Å²) in [6.07, 6.45) is 9.92. The minimum absolute atomic E-state index is 0.00840. The number of hydrogen-bond donors (Lipinski definition) is 0. The zero-order chi connectivity index (χ0) is 17.7. The largest absolute Gasteiger partial charge is 0.462 e. The summed E-state index contributed by atoms with van der Waals surface area (Å²) < 4.78 is 22.5. The first-order valence-corrected chi connectivity index (χ1v) is 10.4. The maximum atomic E-state index is 12.4. The average Bonchev–Trinajstić information content (AvgIpc) is 3.55. The van der Waals surface area contributed by atoms with Gasteiger partial charge in [0.25, 0.3) is 0 Å². The van der Waals surface area contributed by atoms with Crippen LogP contribution in [0.2, 0.25) is 0 Å². The summed E-state index contributed by atoms with van der Waals surface area (Å²) in [5, 5.41) is 0. The molecule has 5 fully saturated rings. The van der Waals surface area contributed by atoms with Crippen LogP contribution >= 0.6 is 0 Å². The molecule has 0 amide bonds. The van der Waals surface area contributed by atoms with Crippen LogP contribution in [0.3, 0.4) is 0 Å². The number of esters is 2. The first-order chi connectivity index (χ1) is 12.7. The lowest BCUT2D eigenvalue weighted by Gasteiger charge is -2.30. The summed E-state index contributed by atoms with van der Waals surface area (Å²) >= 11 is 0. The normalized spacial score (nSPS) is 46.5. The van der Waals surface area contributed by atoms with Gasteiger partial charge in [0.15, 0.2) is 0 Å². The Balaban J connectivity index is 1.03. The quantitative estimate of drug-likeness (QED) is 0.563. The van der Waals surface area contributed by atoms with Gasteiger partial charge < -0.3 is 18.9 Å². The lowest BCUT2D eigenvalue weighted by atomic mass is 9.88. The maximum Gasteiger partial charge on any atom is 0.309 e. The topological polar surface area (TPSA) is 77.7 Å². The van der Waals surface area contributed by atoms with Gasteiger partial charge in [0.1, 0.15) is 12.2 Å². The monoisotopic (exact) mass is 364 g/mol. The lowest BCUT2D eigenvalue weighted by molar-refractivity contribution is -0.164. The van der Waals surface area contributed by atoms with E-state index in [2.05, 4.69) is 0 Å². The van der Waals surface area contributed by atoms with Gasteiger partial charge in [-0.25, -0.2) is 0 Å². The van der Waals surface area contributed by atoms with Crippen molar-refractivity contribution in [3.05, 3.63) is 0 Å². The van der Waals surface area contributed by atoms with E-state index in [1.807, 2.05) is 0 Å². The second-order valence-corrected chi connectivity index (χ2v) is 8.72. The first-order valence-electron chi connectivity index (χ1n) is 10.4. The van der Waals surface area contributed by atoms with E-state index in [-0.39, 0.29) is 36.0 Å². The van der Waals surface area contributed by atoms with Crippen LogP contribution in [-0.4, -0.2) is 48.6 Å². The Kier molecular flexibility index (Phi) is 4.44. The highest BCUT2D eigenvalue weighted by Gasteiger charge is 2.47. The summed E-state index contributed by atoms with van der Waals surface area (Å²) in [7, 11) is 0.